The first-order chi connectivity index (χ1) is 8.57. The highest BCUT2D eigenvalue weighted by atomic mass is 16.4. The van der Waals surface area contributed by atoms with Crippen molar-refractivity contribution < 1.29 is 9.21 Å². The molecule has 1 heterocycles. The minimum atomic E-state index is -0.483. The van der Waals surface area contributed by atoms with E-state index >= 15 is 0 Å². The molecule has 18 heavy (non-hydrogen) atoms. The van der Waals surface area contributed by atoms with Gasteiger partial charge in [-0.2, -0.15) is 0 Å². The van der Waals surface area contributed by atoms with Gasteiger partial charge in [0, 0.05) is 11.0 Å². The second-order valence-electron chi connectivity index (χ2n) is 4.99. The fourth-order valence-electron chi connectivity index (χ4n) is 2.28. The third-order valence-corrected chi connectivity index (χ3v) is 3.37. The van der Waals surface area contributed by atoms with Gasteiger partial charge in [0.25, 0.3) is 5.91 Å². The van der Waals surface area contributed by atoms with Crippen molar-refractivity contribution in [2.45, 2.75) is 38.5 Å². The number of aryl methyl sites for hydroxylation is 1. The summed E-state index contributed by atoms with van der Waals surface area (Å²) in [7, 11) is 0. The van der Waals surface area contributed by atoms with E-state index in [-0.39, 0.29) is 5.41 Å². The van der Waals surface area contributed by atoms with Crippen LogP contribution >= 0.6 is 0 Å². The molecule has 2 N–H and O–H groups in total. The highest BCUT2D eigenvalue weighted by Crippen LogP contribution is 2.35. The summed E-state index contributed by atoms with van der Waals surface area (Å²) in [6, 6.07) is 1.98. The molecule has 0 radical (unpaired) electrons. The lowest BCUT2D eigenvalue weighted by Crippen LogP contribution is -2.18. The molecule has 96 valence electrons. The molecule has 3 heteroatoms. The van der Waals surface area contributed by atoms with E-state index in [1.54, 1.807) is 0 Å². The molecular weight excluding hydrogens is 226 g/mol. The monoisotopic (exact) mass is 245 g/mol. The van der Waals surface area contributed by atoms with Gasteiger partial charge in [-0.1, -0.05) is 37.6 Å². The number of carbonyl (C=O) groups excluding carboxylic acids is 1. The number of hydrogen-bond donors (Lipinski definition) is 1. The van der Waals surface area contributed by atoms with Crippen LogP contribution in [-0.4, -0.2) is 5.91 Å². The molecular formula is C15H19NO2. The Bertz CT molecular complexity index is 511. The molecule has 1 amide bonds. The molecule has 1 atom stereocenters. The third kappa shape index (κ3) is 2.26. The van der Waals surface area contributed by atoms with E-state index in [0.29, 0.717) is 5.76 Å². The predicted octanol–water partition coefficient (Wildman–Crippen LogP) is 3.10. The SMILES string of the molecule is CCCc1cc(C2(C)C=CC=CC2)oc1C(N)=O. The molecule has 2 rings (SSSR count). The molecule has 1 aromatic rings. The molecule has 1 unspecified atom stereocenters. The van der Waals surface area contributed by atoms with Gasteiger partial charge in [-0.15, -0.1) is 0 Å². The highest BCUT2D eigenvalue weighted by molar-refractivity contribution is 5.91. The Morgan fingerprint density at radius 2 is 2.28 bits per heavy atom. The fraction of sp³-hybridized carbons (Fsp3) is 0.400. The average Bonchev–Trinajstić information content (AvgIpc) is 2.75. The Labute approximate surface area is 107 Å². The standard InChI is InChI=1S/C15H19NO2/c1-3-7-11-10-12(18-13(11)14(16)17)15(2)8-5-4-6-9-15/h4-6,8,10H,3,7,9H2,1-2H3,(H2,16,17). The highest BCUT2D eigenvalue weighted by Gasteiger charge is 2.29. The lowest BCUT2D eigenvalue weighted by molar-refractivity contribution is 0.0969. The van der Waals surface area contributed by atoms with Crippen LogP contribution in [0, 0.1) is 0 Å². The molecule has 1 aliphatic rings. The summed E-state index contributed by atoms with van der Waals surface area (Å²) in [6.45, 7) is 4.18. The normalized spacial score (nSPS) is 22.3. The van der Waals surface area contributed by atoms with Gasteiger partial charge in [-0.05, 0) is 25.8 Å². The summed E-state index contributed by atoms with van der Waals surface area (Å²) < 4.78 is 5.71. The zero-order valence-electron chi connectivity index (χ0n) is 10.9. The van der Waals surface area contributed by atoms with E-state index in [9.17, 15) is 4.79 Å². The summed E-state index contributed by atoms with van der Waals surface area (Å²) in [5, 5.41) is 0. The van der Waals surface area contributed by atoms with Crippen LogP contribution in [0.3, 0.4) is 0 Å². The smallest absolute Gasteiger partial charge is 0.284 e. The second-order valence-corrected chi connectivity index (χ2v) is 4.99. The summed E-state index contributed by atoms with van der Waals surface area (Å²) in [6.07, 6.45) is 10.9. The fourth-order valence-corrected chi connectivity index (χ4v) is 2.28. The van der Waals surface area contributed by atoms with Gasteiger partial charge in [0.2, 0.25) is 0 Å². The van der Waals surface area contributed by atoms with Crippen LogP contribution < -0.4 is 5.73 Å². The van der Waals surface area contributed by atoms with Crippen LogP contribution in [0.2, 0.25) is 0 Å². The summed E-state index contributed by atoms with van der Waals surface area (Å²) in [5.41, 5.74) is 6.11. The van der Waals surface area contributed by atoms with Gasteiger partial charge in [-0.3, -0.25) is 4.79 Å². The largest absolute Gasteiger partial charge is 0.455 e. The molecule has 0 aliphatic heterocycles. The zero-order chi connectivity index (χ0) is 13.2. The number of furan rings is 1. The van der Waals surface area contributed by atoms with Crippen LogP contribution in [0.4, 0.5) is 0 Å². The minimum absolute atomic E-state index is 0.176. The quantitative estimate of drug-likeness (QED) is 0.886. The van der Waals surface area contributed by atoms with E-state index in [0.717, 1.165) is 30.6 Å². The number of allylic oxidation sites excluding steroid dienone is 4. The Balaban J connectivity index is 2.40. The number of primary amides is 1. The summed E-state index contributed by atoms with van der Waals surface area (Å²) in [5.74, 6) is 0.653. The van der Waals surface area contributed by atoms with Gasteiger partial charge in [0.15, 0.2) is 5.76 Å². The van der Waals surface area contributed by atoms with E-state index in [1.165, 1.54) is 0 Å². The average molecular weight is 245 g/mol. The van der Waals surface area contributed by atoms with Crippen molar-refractivity contribution in [2.24, 2.45) is 5.73 Å². The Hall–Kier alpha value is -1.77. The summed E-state index contributed by atoms with van der Waals surface area (Å²) >= 11 is 0. The van der Waals surface area contributed by atoms with Crippen molar-refractivity contribution in [1.82, 2.24) is 0 Å². The molecule has 0 saturated carbocycles. The zero-order valence-corrected chi connectivity index (χ0v) is 10.9. The molecule has 0 aromatic carbocycles. The Kier molecular flexibility index (Phi) is 3.41. The number of carbonyl (C=O) groups is 1. The number of rotatable bonds is 4. The third-order valence-electron chi connectivity index (χ3n) is 3.37. The molecule has 1 aliphatic carbocycles. The van der Waals surface area contributed by atoms with Crippen molar-refractivity contribution in [2.75, 3.05) is 0 Å². The van der Waals surface area contributed by atoms with Crippen molar-refractivity contribution in [3.63, 3.8) is 0 Å². The molecule has 1 aromatic heterocycles. The Morgan fingerprint density at radius 3 is 2.83 bits per heavy atom. The molecule has 3 nitrogen and oxygen atoms in total. The number of hydrogen-bond acceptors (Lipinski definition) is 2. The van der Waals surface area contributed by atoms with Gasteiger partial charge in [-0.25, -0.2) is 0 Å². The minimum Gasteiger partial charge on any atom is -0.455 e. The first-order valence-corrected chi connectivity index (χ1v) is 6.34. The maximum absolute atomic E-state index is 11.4. The van der Waals surface area contributed by atoms with E-state index in [1.807, 2.05) is 18.2 Å². The van der Waals surface area contributed by atoms with Crippen LogP contribution in [0.1, 0.15) is 48.6 Å². The summed E-state index contributed by atoms with van der Waals surface area (Å²) in [4.78, 5) is 11.4. The molecule has 0 fully saturated rings. The second kappa shape index (κ2) is 4.84. The van der Waals surface area contributed by atoms with Crippen LogP contribution in [0.25, 0.3) is 0 Å². The van der Waals surface area contributed by atoms with Crippen molar-refractivity contribution in [3.05, 3.63) is 47.5 Å². The first kappa shape index (κ1) is 12.7. The maximum atomic E-state index is 11.4. The Morgan fingerprint density at radius 1 is 1.50 bits per heavy atom. The van der Waals surface area contributed by atoms with E-state index in [4.69, 9.17) is 10.2 Å². The topological polar surface area (TPSA) is 56.2 Å². The van der Waals surface area contributed by atoms with Crippen LogP contribution in [-0.2, 0) is 11.8 Å². The lowest BCUT2D eigenvalue weighted by atomic mass is 9.81. The first-order valence-electron chi connectivity index (χ1n) is 6.34. The predicted molar refractivity (Wildman–Crippen MR) is 71.5 cm³/mol. The van der Waals surface area contributed by atoms with E-state index in [2.05, 4.69) is 26.0 Å². The van der Waals surface area contributed by atoms with E-state index < -0.39 is 5.91 Å². The van der Waals surface area contributed by atoms with Crippen molar-refractivity contribution >= 4 is 5.91 Å². The number of amides is 1. The molecule has 0 bridgehead atoms. The van der Waals surface area contributed by atoms with Gasteiger partial charge in [0.05, 0.1) is 0 Å². The number of nitrogens with two attached hydrogens (primary N) is 1. The van der Waals surface area contributed by atoms with Crippen molar-refractivity contribution in [3.8, 4) is 0 Å². The van der Waals surface area contributed by atoms with Gasteiger partial charge < -0.3 is 10.2 Å². The van der Waals surface area contributed by atoms with Crippen molar-refractivity contribution in [1.29, 1.82) is 0 Å². The van der Waals surface area contributed by atoms with Crippen LogP contribution in [0.5, 0.6) is 0 Å². The van der Waals surface area contributed by atoms with Crippen LogP contribution in [0.15, 0.2) is 34.8 Å². The molecule has 0 saturated heterocycles. The lowest BCUT2D eigenvalue weighted by Gasteiger charge is -2.23. The molecule has 0 spiro atoms. The maximum Gasteiger partial charge on any atom is 0.284 e. The van der Waals surface area contributed by atoms with Gasteiger partial charge >= 0.3 is 0 Å². The van der Waals surface area contributed by atoms with Gasteiger partial charge in [0.1, 0.15) is 5.76 Å².